The summed E-state index contributed by atoms with van der Waals surface area (Å²) < 4.78 is 31.5. The van der Waals surface area contributed by atoms with Crippen molar-refractivity contribution in [3.8, 4) is 0 Å². The van der Waals surface area contributed by atoms with E-state index in [1.165, 1.54) is 0 Å². The molecular formula is C8H11NO3S. The fourth-order valence-electron chi connectivity index (χ4n) is 1.03. The third-order valence-corrected chi connectivity index (χ3v) is 2.28. The molecule has 1 rings (SSSR count). The largest absolute Gasteiger partial charge is 0.333 e. The smallest absolute Gasteiger partial charge is 0.273 e. The molecule has 0 aliphatic rings. The molecule has 0 aromatic heterocycles. The molecule has 13 heavy (non-hydrogen) atoms. The number of nitrogens with one attached hydrogen (secondary N) is 1. The minimum Gasteiger partial charge on any atom is -0.273 e. The average molecular weight is 201 g/mol. The van der Waals surface area contributed by atoms with E-state index in [0.717, 1.165) is 5.56 Å². The Morgan fingerprint density at radius 1 is 1.31 bits per heavy atom. The van der Waals surface area contributed by atoms with Crippen LogP contribution in [0.1, 0.15) is 18.5 Å². The number of hydrogen-bond acceptors (Lipinski definition) is 2. The zero-order valence-electron chi connectivity index (χ0n) is 7.14. The van der Waals surface area contributed by atoms with Crippen molar-refractivity contribution >= 4 is 10.3 Å². The molecule has 0 radical (unpaired) electrons. The zero-order valence-corrected chi connectivity index (χ0v) is 7.95. The molecule has 0 spiro atoms. The third kappa shape index (κ3) is 3.54. The highest BCUT2D eigenvalue weighted by Crippen LogP contribution is 2.11. The summed E-state index contributed by atoms with van der Waals surface area (Å²) in [5, 5.41) is 0. The van der Waals surface area contributed by atoms with Gasteiger partial charge in [0, 0.05) is 6.04 Å². The van der Waals surface area contributed by atoms with Gasteiger partial charge in [-0.2, -0.15) is 13.1 Å². The van der Waals surface area contributed by atoms with Crippen LogP contribution < -0.4 is 4.72 Å². The Kier molecular flexibility index (Phi) is 3.02. The van der Waals surface area contributed by atoms with Crippen LogP contribution in [0.5, 0.6) is 0 Å². The van der Waals surface area contributed by atoms with Gasteiger partial charge in [0.15, 0.2) is 0 Å². The van der Waals surface area contributed by atoms with Crippen LogP contribution in [-0.4, -0.2) is 13.0 Å². The van der Waals surface area contributed by atoms with Crippen LogP contribution in [0.25, 0.3) is 0 Å². The summed E-state index contributed by atoms with van der Waals surface area (Å²) in [4.78, 5) is 0. The lowest BCUT2D eigenvalue weighted by Gasteiger charge is -2.10. The Labute approximate surface area is 77.5 Å². The highest BCUT2D eigenvalue weighted by Gasteiger charge is 2.10. The van der Waals surface area contributed by atoms with Crippen molar-refractivity contribution in [3.05, 3.63) is 35.9 Å². The molecule has 0 heterocycles. The van der Waals surface area contributed by atoms with Crippen molar-refractivity contribution in [1.82, 2.24) is 4.72 Å². The van der Waals surface area contributed by atoms with Gasteiger partial charge in [0.05, 0.1) is 0 Å². The second kappa shape index (κ2) is 3.87. The average Bonchev–Trinajstić information content (AvgIpc) is 2.03. The van der Waals surface area contributed by atoms with E-state index in [9.17, 15) is 8.42 Å². The second-order valence-corrected chi connectivity index (χ2v) is 3.91. The molecule has 0 fully saturated rings. The summed E-state index contributed by atoms with van der Waals surface area (Å²) in [6.07, 6.45) is 0. The molecule has 0 unspecified atom stereocenters. The molecule has 0 bridgehead atoms. The van der Waals surface area contributed by atoms with E-state index >= 15 is 0 Å². The lowest BCUT2D eigenvalue weighted by molar-refractivity contribution is 0.458. The van der Waals surface area contributed by atoms with Gasteiger partial charge in [0.1, 0.15) is 0 Å². The van der Waals surface area contributed by atoms with Crippen molar-refractivity contribution < 1.29 is 13.0 Å². The van der Waals surface area contributed by atoms with Crippen LogP contribution in [-0.2, 0) is 10.3 Å². The van der Waals surface area contributed by atoms with Gasteiger partial charge in [0.2, 0.25) is 0 Å². The van der Waals surface area contributed by atoms with Crippen molar-refractivity contribution in [2.75, 3.05) is 0 Å². The summed E-state index contributed by atoms with van der Waals surface area (Å²) >= 11 is 0. The number of hydrogen-bond donors (Lipinski definition) is 2. The van der Waals surface area contributed by atoms with Crippen LogP contribution >= 0.6 is 0 Å². The molecule has 72 valence electrons. The molecule has 4 nitrogen and oxygen atoms in total. The Balaban J connectivity index is 2.76. The maximum Gasteiger partial charge on any atom is 0.333 e. The number of rotatable bonds is 3. The molecule has 0 saturated heterocycles. The molecule has 0 aliphatic heterocycles. The van der Waals surface area contributed by atoms with Crippen molar-refractivity contribution in [2.24, 2.45) is 0 Å². The van der Waals surface area contributed by atoms with Gasteiger partial charge in [-0.25, -0.2) is 0 Å². The first-order valence-corrected chi connectivity index (χ1v) is 5.23. The second-order valence-electron chi connectivity index (χ2n) is 2.73. The Morgan fingerprint density at radius 2 is 1.85 bits per heavy atom. The lowest BCUT2D eigenvalue weighted by atomic mass is 10.1. The summed E-state index contributed by atoms with van der Waals surface area (Å²) in [6, 6.07) is 8.58. The molecule has 5 heteroatoms. The quantitative estimate of drug-likeness (QED) is 0.721. The van der Waals surface area contributed by atoms with Crippen molar-refractivity contribution in [3.63, 3.8) is 0 Å². The van der Waals surface area contributed by atoms with E-state index in [4.69, 9.17) is 4.55 Å². The molecule has 0 amide bonds. The van der Waals surface area contributed by atoms with E-state index in [1.807, 2.05) is 6.07 Å². The van der Waals surface area contributed by atoms with Crippen LogP contribution in [0, 0.1) is 0 Å². The monoisotopic (exact) mass is 201 g/mol. The standard InChI is InChI=1S/C8H11NO3S/c1-7(9-13(10,11)12)8-5-3-2-4-6-8/h2-7,9H,1H3,(H,10,11,12)/t7-/m1/s1. The van der Waals surface area contributed by atoms with E-state index in [2.05, 4.69) is 4.72 Å². The Morgan fingerprint density at radius 3 is 2.31 bits per heavy atom. The lowest BCUT2D eigenvalue weighted by Crippen LogP contribution is -2.25. The highest BCUT2D eigenvalue weighted by molar-refractivity contribution is 7.83. The molecule has 0 aliphatic carbocycles. The first kappa shape index (κ1) is 10.2. The maximum atomic E-state index is 10.5. The van der Waals surface area contributed by atoms with E-state index in [0.29, 0.717) is 0 Å². The number of benzene rings is 1. The summed E-state index contributed by atoms with van der Waals surface area (Å²) in [6.45, 7) is 1.66. The minimum atomic E-state index is -4.12. The topological polar surface area (TPSA) is 66.4 Å². The van der Waals surface area contributed by atoms with E-state index in [1.54, 1.807) is 31.2 Å². The molecule has 0 saturated carbocycles. The van der Waals surface area contributed by atoms with Crippen LogP contribution in [0.3, 0.4) is 0 Å². The first-order valence-electron chi connectivity index (χ1n) is 3.79. The van der Waals surface area contributed by atoms with Crippen LogP contribution in [0.2, 0.25) is 0 Å². The Bertz CT molecular complexity index is 360. The first-order chi connectivity index (χ1) is 5.99. The SMILES string of the molecule is C[C@@H](NS(=O)(=O)O)c1ccccc1. The summed E-state index contributed by atoms with van der Waals surface area (Å²) in [5.74, 6) is 0. The molecule has 2 N–H and O–H groups in total. The highest BCUT2D eigenvalue weighted by atomic mass is 32.2. The summed E-state index contributed by atoms with van der Waals surface area (Å²) in [7, 11) is -4.12. The maximum absolute atomic E-state index is 10.5. The fraction of sp³-hybridized carbons (Fsp3) is 0.250. The molecule has 1 aromatic carbocycles. The molecule has 1 aromatic rings. The third-order valence-electron chi connectivity index (χ3n) is 1.63. The van der Waals surface area contributed by atoms with Gasteiger partial charge in [-0.15, -0.1) is 0 Å². The van der Waals surface area contributed by atoms with Gasteiger partial charge in [0.25, 0.3) is 0 Å². The zero-order chi connectivity index (χ0) is 9.90. The van der Waals surface area contributed by atoms with Gasteiger partial charge in [-0.3, -0.25) is 4.55 Å². The summed E-state index contributed by atoms with van der Waals surface area (Å²) in [5.41, 5.74) is 0.806. The molecular weight excluding hydrogens is 190 g/mol. The van der Waals surface area contributed by atoms with Gasteiger partial charge in [-0.1, -0.05) is 30.3 Å². The predicted molar refractivity (Wildman–Crippen MR) is 49.5 cm³/mol. The predicted octanol–water partition coefficient (Wildman–Crippen LogP) is 1.14. The van der Waals surface area contributed by atoms with Gasteiger partial charge < -0.3 is 0 Å². The van der Waals surface area contributed by atoms with Crippen molar-refractivity contribution in [2.45, 2.75) is 13.0 Å². The Hall–Kier alpha value is -0.910. The fourth-order valence-corrected chi connectivity index (χ4v) is 1.62. The van der Waals surface area contributed by atoms with Gasteiger partial charge in [-0.05, 0) is 12.5 Å². The van der Waals surface area contributed by atoms with E-state index < -0.39 is 16.3 Å². The molecule has 1 atom stereocenters. The van der Waals surface area contributed by atoms with Gasteiger partial charge >= 0.3 is 10.3 Å². The van der Waals surface area contributed by atoms with Crippen LogP contribution in [0.4, 0.5) is 0 Å². The van der Waals surface area contributed by atoms with E-state index in [-0.39, 0.29) is 0 Å². The van der Waals surface area contributed by atoms with Crippen LogP contribution in [0.15, 0.2) is 30.3 Å². The normalized spacial score (nSPS) is 14.0. The minimum absolute atomic E-state index is 0.420. The van der Waals surface area contributed by atoms with Crippen molar-refractivity contribution in [1.29, 1.82) is 0 Å².